The Balaban J connectivity index is 2.24. The molecule has 0 atom stereocenters. The third kappa shape index (κ3) is 2.31. The van der Waals surface area contributed by atoms with Gasteiger partial charge in [0.15, 0.2) is 5.76 Å². The fraction of sp³-hybridized carbons (Fsp3) is 0.308. The Bertz CT molecular complexity index is 507. The minimum absolute atomic E-state index is 0.155. The van der Waals surface area contributed by atoms with Gasteiger partial charge in [-0.05, 0) is 18.2 Å². The SMILES string of the molecule is CCc1occc1C(=O)c1ccc(COC)o1. The monoisotopic (exact) mass is 234 g/mol. The van der Waals surface area contributed by atoms with E-state index in [9.17, 15) is 4.79 Å². The topological polar surface area (TPSA) is 52.6 Å². The van der Waals surface area contributed by atoms with Gasteiger partial charge in [0.25, 0.3) is 0 Å². The van der Waals surface area contributed by atoms with Crippen LogP contribution in [0.4, 0.5) is 0 Å². The molecule has 0 unspecified atom stereocenters. The molecule has 4 heteroatoms. The van der Waals surface area contributed by atoms with Crippen molar-refractivity contribution >= 4 is 5.78 Å². The molecule has 2 aromatic heterocycles. The molecule has 0 fully saturated rings. The lowest BCUT2D eigenvalue weighted by atomic mass is 10.1. The first-order valence-electron chi connectivity index (χ1n) is 5.45. The van der Waals surface area contributed by atoms with Crippen LogP contribution < -0.4 is 0 Å². The number of rotatable bonds is 5. The van der Waals surface area contributed by atoms with Gasteiger partial charge in [-0.15, -0.1) is 0 Å². The summed E-state index contributed by atoms with van der Waals surface area (Å²) in [6, 6.07) is 5.06. The molecule has 2 aromatic rings. The van der Waals surface area contributed by atoms with E-state index in [0.717, 1.165) is 0 Å². The van der Waals surface area contributed by atoms with Gasteiger partial charge in [0.1, 0.15) is 18.1 Å². The zero-order chi connectivity index (χ0) is 12.3. The quantitative estimate of drug-likeness (QED) is 0.746. The molecular weight excluding hydrogens is 220 g/mol. The van der Waals surface area contributed by atoms with Gasteiger partial charge < -0.3 is 13.6 Å². The Morgan fingerprint density at radius 1 is 1.35 bits per heavy atom. The van der Waals surface area contributed by atoms with Gasteiger partial charge in [-0.1, -0.05) is 6.92 Å². The van der Waals surface area contributed by atoms with Crippen molar-refractivity contribution in [2.24, 2.45) is 0 Å². The van der Waals surface area contributed by atoms with E-state index in [1.165, 1.54) is 6.26 Å². The van der Waals surface area contributed by atoms with Crippen LogP contribution in [0.15, 0.2) is 33.3 Å². The Labute approximate surface area is 99.2 Å². The maximum absolute atomic E-state index is 12.1. The van der Waals surface area contributed by atoms with Crippen molar-refractivity contribution in [2.45, 2.75) is 20.0 Å². The summed E-state index contributed by atoms with van der Waals surface area (Å²) >= 11 is 0. The normalized spacial score (nSPS) is 10.7. The molecule has 0 N–H and O–H groups in total. The van der Waals surface area contributed by atoms with E-state index in [4.69, 9.17) is 13.6 Å². The lowest BCUT2D eigenvalue weighted by Gasteiger charge is -1.97. The van der Waals surface area contributed by atoms with E-state index in [1.807, 2.05) is 6.92 Å². The van der Waals surface area contributed by atoms with Crippen molar-refractivity contribution in [3.63, 3.8) is 0 Å². The Morgan fingerprint density at radius 2 is 2.18 bits per heavy atom. The molecule has 0 aliphatic heterocycles. The number of methoxy groups -OCH3 is 1. The van der Waals surface area contributed by atoms with Crippen LogP contribution in [0.5, 0.6) is 0 Å². The molecule has 0 aliphatic rings. The second-order valence-electron chi connectivity index (χ2n) is 3.64. The van der Waals surface area contributed by atoms with Crippen LogP contribution in [-0.2, 0) is 17.8 Å². The number of furan rings is 2. The Morgan fingerprint density at radius 3 is 2.88 bits per heavy atom. The minimum atomic E-state index is -0.155. The van der Waals surface area contributed by atoms with E-state index in [-0.39, 0.29) is 5.78 Å². The van der Waals surface area contributed by atoms with Gasteiger partial charge >= 0.3 is 0 Å². The van der Waals surface area contributed by atoms with E-state index in [0.29, 0.717) is 35.9 Å². The molecule has 90 valence electrons. The first-order valence-corrected chi connectivity index (χ1v) is 5.45. The zero-order valence-electron chi connectivity index (χ0n) is 9.86. The average Bonchev–Trinajstić information content (AvgIpc) is 2.96. The van der Waals surface area contributed by atoms with Crippen LogP contribution in [-0.4, -0.2) is 12.9 Å². The summed E-state index contributed by atoms with van der Waals surface area (Å²) in [6.07, 6.45) is 2.20. The standard InChI is InChI=1S/C13H14O4/c1-3-11-10(6-7-16-11)13(14)12-5-4-9(17-12)8-15-2/h4-7H,3,8H2,1-2H3. The van der Waals surface area contributed by atoms with E-state index in [2.05, 4.69) is 0 Å². The number of ether oxygens (including phenoxy) is 1. The summed E-state index contributed by atoms with van der Waals surface area (Å²) in [5, 5.41) is 0. The summed E-state index contributed by atoms with van der Waals surface area (Å²) in [5.74, 6) is 1.48. The molecule has 0 saturated heterocycles. The summed E-state index contributed by atoms with van der Waals surface area (Å²) in [6.45, 7) is 2.30. The van der Waals surface area contributed by atoms with Crippen LogP contribution in [0.25, 0.3) is 0 Å². The molecule has 0 aliphatic carbocycles. The lowest BCUT2D eigenvalue weighted by Crippen LogP contribution is -2.01. The molecule has 2 rings (SSSR count). The maximum Gasteiger partial charge on any atom is 0.231 e. The zero-order valence-corrected chi connectivity index (χ0v) is 9.86. The number of hydrogen-bond donors (Lipinski definition) is 0. The van der Waals surface area contributed by atoms with Gasteiger partial charge in [-0.2, -0.15) is 0 Å². The highest BCUT2D eigenvalue weighted by Crippen LogP contribution is 2.18. The maximum atomic E-state index is 12.1. The predicted octanol–water partition coefficient (Wildman–Crippen LogP) is 2.81. The fourth-order valence-corrected chi connectivity index (χ4v) is 1.67. The van der Waals surface area contributed by atoms with Crippen molar-refractivity contribution < 1.29 is 18.4 Å². The molecule has 17 heavy (non-hydrogen) atoms. The first kappa shape index (κ1) is 11.7. The van der Waals surface area contributed by atoms with Crippen molar-refractivity contribution in [3.05, 3.63) is 47.3 Å². The molecule has 0 aromatic carbocycles. The third-order valence-electron chi connectivity index (χ3n) is 2.48. The second-order valence-corrected chi connectivity index (χ2v) is 3.64. The molecule has 0 radical (unpaired) electrons. The van der Waals surface area contributed by atoms with Crippen molar-refractivity contribution in [2.75, 3.05) is 7.11 Å². The molecule has 2 heterocycles. The van der Waals surface area contributed by atoms with Gasteiger partial charge in [-0.25, -0.2) is 0 Å². The highest BCUT2D eigenvalue weighted by molar-refractivity contribution is 6.07. The van der Waals surface area contributed by atoms with Gasteiger partial charge in [0.2, 0.25) is 5.78 Å². The fourth-order valence-electron chi connectivity index (χ4n) is 1.67. The summed E-state index contributed by atoms with van der Waals surface area (Å²) in [5.41, 5.74) is 0.561. The van der Waals surface area contributed by atoms with Crippen LogP contribution in [0.2, 0.25) is 0 Å². The minimum Gasteiger partial charge on any atom is -0.469 e. The second kappa shape index (κ2) is 5.01. The number of aryl methyl sites for hydroxylation is 1. The van der Waals surface area contributed by atoms with Gasteiger partial charge in [0.05, 0.1) is 11.8 Å². The number of carbonyl (C=O) groups excluding carboxylic acids is 1. The molecular formula is C13H14O4. The molecule has 4 nitrogen and oxygen atoms in total. The summed E-state index contributed by atoms with van der Waals surface area (Å²) in [4.78, 5) is 12.1. The highest BCUT2D eigenvalue weighted by atomic mass is 16.5. The van der Waals surface area contributed by atoms with Crippen LogP contribution in [0.3, 0.4) is 0 Å². The van der Waals surface area contributed by atoms with Crippen LogP contribution in [0.1, 0.15) is 34.6 Å². The highest BCUT2D eigenvalue weighted by Gasteiger charge is 2.18. The van der Waals surface area contributed by atoms with Crippen molar-refractivity contribution in [1.82, 2.24) is 0 Å². The van der Waals surface area contributed by atoms with E-state index in [1.54, 1.807) is 25.3 Å². The largest absolute Gasteiger partial charge is 0.469 e. The summed E-state index contributed by atoms with van der Waals surface area (Å²) in [7, 11) is 1.58. The number of carbonyl (C=O) groups is 1. The number of ketones is 1. The number of hydrogen-bond acceptors (Lipinski definition) is 4. The summed E-state index contributed by atoms with van der Waals surface area (Å²) < 4.78 is 15.5. The van der Waals surface area contributed by atoms with E-state index >= 15 is 0 Å². The average molecular weight is 234 g/mol. The van der Waals surface area contributed by atoms with Crippen molar-refractivity contribution in [1.29, 1.82) is 0 Å². The van der Waals surface area contributed by atoms with Crippen LogP contribution >= 0.6 is 0 Å². The molecule has 0 spiro atoms. The molecule has 0 saturated carbocycles. The Hall–Kier alpha value is -1.81. The van der Waals surface area contributed by atoms with Gasteiger partial charge in [-0.3, -0.25) is 4.79 Å². The molecule has 0 bridgehead atoms. The first-order chi connectivity index (χ1) is 8.26. The molecule has 0 amide bonds. The smallest absolute Gasteiger partial charge is 0.231 e. The van der Waals surface area contributed by atoms with Crippen molar-refractivity contribution in [3.8, 4) is 0 Å². The Kier molecular flexibility index (Phi) is 3.44. The van der Waals surface area contributed by atoms with Crippen LogP contribution in [0, 0.1) is 0 Å². The third-order valence-corrected chi connectivity index (χ3v) is 2.48. The van der Waals surface area contributed by atoms with Gasteiger partial charge in [0, 0.05) is 13.5 Å². The van der Waals surface area contributed by atoms with E-state index < -0.39 is 0 Å². The predicted molar refractivity (Wildman–Crippen MR) is 60.9 cm³/mol. The lowest BCUT2D eigenvalue weighted by molar-refractivity contribution is 0.0998.